The Morgan fingerprint density at radius 3 is 2.45 bits per heavy atom. The summed E-state index contributed by atoms with van der Waals surface area (Å²) in [7, 11) is -2.36. The minimum Gasteiger partial charge on any atom is -0.477 e. The topological polar surface area (TPSA) is 87.6 Å². The Hall–Kier alpha value is -1.93. The van der Waals surface area contributed by atoms with Crippen LogP contribution in [0.5, 0.6) is 0 Å². The molecule has 0 unspecified atom stereocenters. The number of sulfonamides is 1. The number of aryl methyl sites for hydroxylation is 1. The monoisotopic (exact) mass is 312 g/mol. The van der Waals surface area contributed by atoms with E-state index in [2.05, 4.69) is 4.98 Å². The average molecular weight is 312 g/mol. The number of hydrogen-bond donors (Lipinski definition) is 1. The molecule has 0 radical (unpaired) electrons. The fraction of sp³-hybridized carbons (Fsp3) is 0.167. The van der Waals surface area contributed by atoms with Crippen LogP contribution in [0, 0.1) is 6.92 Å². The molecule has 20 heavy (non-hydrogen) atoms. The molecule has 1 N–H and O–H groups in total. The summed E-state index contributed by atoms with van der Waals surface area (Å²) in [5, 5.41) is 8.94. The van der Waals surface area contributed by atoms with Crippen molar-refractivity contribution in [2.75, 3.05) is 11.4 Å². The minimum atomic E-state index is -3.78. The molecule has 0 saturated heterocycles. The summed E-state index contributed by atoms with van der Waals surface area (Å²) >= 11 is 0.944. The maximum absolute atomic E-state index is 12.5. The number of carboxylic acid groups (broad SMARTS) is 1. The summed E-state index contributed by atoms with van der Waals surface area (Å²) in [5.74, 6) is -1.13. The van der Waals surface area contributed by atoms with Crippen LogP contribution in [0.3, 0.4) is 0 Å². The van der Waals surface area contributed by atoms with Crippen molar-refractivity contribution in [2.24, 2.45) is 0 Å². The van der Waals surface area contributed by atoms with Crippen molar-refractivity contribution in [1.29, 1.82) is 0 Å². The second-order valence-electron chi connectivity index (χ2n) is 4.01. The molecule has 2 aromatic rings. The number of carboxylic acids is 1. The lowest BCUT2D eigenvalue weighted by Crippen LogP contribution is -2.26. The summed E-state index contributed by atoms with van der Waals surface area (Å²) in [6.45, 7) is 1.59. The highest BCUT2D eigenvalue weighted by atomic mass is 32.2. The molecule has 6 nitrogen and oxygen atoms in total. The highest BCUT2D eigenvalue weighted by Gasteiger charge is 2.26. The molecule has 0 aromatic carbocycles. The number of carbonyl (C=O) groups is 1. The second kappa shape index (κ2) is 5.22. The highest BCUT2D eigenvalue weighted by molar-refractivity contribution is 7.93. The molecule has 0 aliphatic rings. The fourth-order valence-electron chi connectivity index (χ4n) is 1.67. The maximum atomic E-state index is 12.5. The molecular weight excluding hydrogens is 300 g/mol. The molecule has 0 saturated carbocycles. The van der Waals surface area contributed by atoms with E-state index in [4.69, 9.17) is 5.11 Å². The van der Waals surface area contributed by atoms with Crippen molar-refractivity contribution in [2.45, 2.75) is 11.8 Å². The van der Waals surface area contributed by atoms with Crippen molar-refractivity contribution in [1.82, 2.24) is 4.98 Å². The van der Waals surface area contributed by atoms with Gasteiger partial charge >= 0.3 is 5.97 Å². The maximum Gasteiger partial charge on any atom is 0.345 e. The lowest BCUT2D eigenvalue weighted by Gasteiger charge is -2.18. The molecule has 0 aliphatic carbocycles. The SMILES string of the molecule is Cc1sc(C(=O)O)cc1S(=O)(=O)N(C)c1ccncc1. The summed E-state index contributed by atoms with van der Waals surface area (Å²) < 4.78 is 26.1. The van der Waals surface area contributed by atoms with Crippen LogP contribution in [-0.4, -0.2) is 31.5 Å². The van der Waals surface area contributed by atoms with Crippen molar-refractivity contribution in [3.05, 3.63) is 40.3 Å². The predicted octanol–water partition coefficient (Wildman–Crippen LogP) is 1.97. The molecule has 0 amide bonds. The second-order valence-corrected chi connectivity index (χ2v) is 7.21. The predicted molar refractivity (Wildman–Crippen MR) is 75.8 cm³/mol. The van der Waals surface area contributed by atoms with E-state index in [-0.39, 0.29) is 9.77 Å². The molecule has 2 heterocycles. The van der Waals surface area contributed by atoms with E-state index in [1.165, 1.54) is 25.5 Å². The Bertz CT molecular complexity index is 738. The van der Waals surface area contributed by atoms with Gasteiger partial charge in [0.15, 0.2) is 0 Å². The first-order chi connectivity index (χ1) is 9.34. The standard InChI is InChI=1S/C12H12N2O4S2/c1-8-11(7-10(19-8)12(15)16)20(17,18)14(2)9-3-5-13-6-4-9/h3-7H,1-2H3,(H,15,16). The first-order valence-corrected chi connectivity index (χ1v) is 7.82. The van der Waals surface area contributed by atoms with Crippen LogP contribution in [0.1, 0.15) is 14.5 Å². The van der Waals surface area contributed by atoms with Crippen LogP contribution in [0.15, 0.2) is 35.5 Å². The van der Waals surface area contributed by atoms with E-state index >= 15 is 0 Å². The number of aromatic carboxylic acids is 1. The van der Waals surface area contributed by atoms with Gasteiger partial charge in [-0.05, 0) is 25.1 Å². The van der Waals surface area contributed by atoms with Gasteiger partial charge in [-0.15, -0.1) is 11.3 Å². The van der Waals surface area contributed by atoms with Crippen LogP contribution in [0.2, 0.25) is 0 Å². The normalized spacial score (nSPS) is 11.3. The van der Waals surface area contributed by atoms with Crippen LogP contribution < -0.4 is 4.31 Å². The Labute approximate surface area is 120 Å². The van der Waals surface area contributed by atoms with Crippen molar-refractivity contribution in [3.63, 3.8) is 0 Å². The molecule has 8 heteroatoms. The van der Waals surface area contributed by atoms with Gasteiger partial charge in [-0.2, -0.15) is 0 Å². The Kier molecular flexibility index (Phi) is 3.78. The van der Waals surface area contributed by atoms with E-state index in [0.717, 1.165) is 15.6 Å². The summed E-state index contributed by atoms with van der Waals surface area (Å²) in [4.78, 5) is 15.2. The number of anilines is 1. The molecule has 0 atom stereocenters. The molecule has 0 aliphatic heterocycles. The first kappa shape index (κ1) is 14.5. The zero-order chi connectivity index (χ0) is 14.9. The van der Waals surface area contributed by atoms with Gasteiger partial charge < -0.3 is 5.11 Å². The molecular formula is C12H12N2O4S2. The lowest BCUT2D eigenvalue weighted by molar-refractivity contribution is 0.0702. The van der Waals surface area contributed by atoms with E-state index in [0.29, 0.717) is 10.6 Å². The number of aromatic nitrogens is 1. The van der Waals surface area contributed by atoms with Gasteiger partial charge in [0.2, 0.25) is 0 Å². The van der Waals surface area contributed by atoms with Crippen molar-refractivity contribution >= 4 is 33.0 Å². The molecule has 2 rings (SSSR count). The number of thiophene rings is 1. The summed E-state index contributed by atoms with van der Waals surface area (Å²) in [6.07, 6.45) is 2.98. The Balaban J connectivity index is 2.48. The number of hydrogen-bond acceptors (Lipinski definition) is 5. The van der Waals surface area contributed by atoms with Crippen molar-refractivity contribution in [3.8, 4) is 0 Å². The molecule has 2 aromatic heterocycles. The summed E-state index contributed by atoms with van der Waals surface area (Å²) in [5.41, 5.74) is 0.461. The zero-order valence-corrected chi connectivity index (χ0v) is 12.4. The van der Waals surface area contributed by atoms with E-state index in [9.17, 15) is 13.2 Å². The third kappa shape index (κ3) is 2.52. The van der Waals surface area contributed by atoms with Gasteiger partial charge in [-0.25, -0.2) is 13.2 Å². The quantitative estimate of drug-likeness (QED) is 0.932. The average Bonchev–Trinajstić information content (AvgIpc) is 2.82. The first-order valence-electron chi connectivity index (χ1n) is 5.56. The third-order valence-corrected chi connectivity index (χ3v) is 5.83. The van der Waals surface area contributed by atoms with E-state index in [1.54, 1.807) is 19.1 Å². The third-order valence-electron chi connectivity index (χ3n) is 2.75. The van der Waals surface area contributed by atoms with Gasteiger partial charge in [0.25, 0.3) is 10.0 Å². The largest absolute Gasteiger partial charge is 0.477 e. The van der Waals surface area contributed by atoms with Crippen molar-refractivity contribution < 1.29 is 18.3 Å². The van der Waals surface area contributed by atoms with Crippen LogP contribution in [-0.2, 0) is 10.0 Å². The van der Waals surface area contributed by atoms with E-state index < -0.39 is 16.0 Å². The zero-order valence-electron chi connectivity index (χ0n) is 10.8. The van der Waals surface area contributed by atoms with Crippen LogP contribution >= 0.6 is 11.3 Å². The molecule has 0 fully saturated rings. The summed E-state index contributed by atoms with van der Waals surface area (Å²) in [6, 6.07) is 4.32. The molecule has 106 valence electrons. The van der Waals surface area contributed by atoms with Gasteiger partial charge in [0, 0.05) is 24.3 Å². The van der Waals surface area contributed by atoms with Crippen LogP contribution in [0.25, 0.3) is 0 Å². The molecule has 0 bridgehead atoms. The van der Waals surface area contributed by atoms with Gasteiger partial charge in [0.05, 0.1) is 5.69 Å². The van der Waals surface area contributed by atoms with E-state index in [1.807, 2.05) is 0 Å². The van der Waals surface area contributed by atoms with Gasteiger partial charge in [-0.1, -0.05) is 0 Å². The lowest BCUT2D eigenvalue weighted by atomic mass is 10.4. The fourth-order valence-corrected chi connectivity index (χ4v) is 4.26. The van der Waals surface area contributed by atoms with Crippen LogP contribution in [0.4, 0.5) is 5.69 Å². The van der Waals surface area contributed by atoms with Gasteiger partial charge in [0.1, 0.15) is 9.77 Å². The minimum absolute atomic E-state index is 0.00389. The highest BCUT2D eigenvalue weighted by Crippen LogP contribution is 2.29. The smallest absolute Gasteiger partial charge is 0.345 e. The Morgan fingerprint density at radius 1 is 1.35 bits per heavy atom. The number of nitrogens with zero attached hydrogens (tertiary/aromatic N) is 2. The molecule has 0 spiro atoms. The van der Waals surface area contributed by atoms with Gasteiger partial charge in [-0.3, -0.25) is 9.29 Å². The number of rotatable bonds is 4. The Morgan fingerprint density at radius 2 is 1.95 bits per heavy atom. The number of pyridine rings is 1.